The predicted molar refractivity (Wildman–Crippen MR) is 71.2 cm³/mol. The first-order valence-electron chi connectivity index (χ1n) is 5.63. The Hall–Kier alpha value is -2.74. The maximum absolute atomic E-state index is 8.89. The first-order chi connectivity index (χ1) is 9.13. The van der Waals surface area contributed by atoms with Crippen LogP contribution in [0, 0.1) is 18.3 Å². The fourth-order valence-electron chi connectivity index (χ4n) is 1.51. The third-order valence-corrected chi connectivity index (χ3v) is 2.60. The summed E-state index contributed by atoms with van der Waals surface area (Å²) in [7, 11) is 1.52. The smallest absolute Gasteiger partial charge is 0.246 e. The summed E-state index contributed by atoms with van der Waals surface area (Å²) in [5, 5.41) is 8.89. The zero-order valence-corrected chi connectivity index (χ0v) is 10.7. The van der Waals surface area contributed by atoms with E-state index in [1.54, 1.807) is 24.3 Å². The SMILES string of the molecule is COc1ccc(N)c(Oc2cc(C#N)ccc2C)n1. The van der Waals surface area contributed by atoms with Crippen molar-refractivity contribution < 1.29 is 9.47 Å². The predicted octanol–water partition coefficient (Wildman–Crippen LogP) is 2.64. The molecule has 0 aliphatic heterocycles. The standard InChI is InChI=1S/C14H13N3O2/c1-9-3-4-10(8-15)7-12(9)19-14-11(16)5-6-13(17-14)18-2/h3-7H,16H2,1-2H3. The van der Waals surface area contributed by atoms with Gasteiger partial charge in [-0.05, 0) is 30.7 Å². The largest absolute Gasteiger partial charge is 0.481 e. The molecule has 0 spiro atoms. The third-order valence-electron chi connectivity index (χ3n) is 2.60. The van der Waals surface area contributed by atoms with Gasteiger partial charge in [-0.1, -0.05) is 6.07 Å². The van der Waals surface area contributed by atoms with Crippen molar-refractivity contribution in [3.8, 4) is 23.6 Å². The van der Waals surface area contributed by atoms with E-state index in [0.29, 0.717) is 22.9 Å². The van der Waals surface area contributed by atoms with Crippen LogP contribution in [0.25, 0.3) is 0 Å². The van der Waals surface area contributed by atoms with Gasteiger partial charge in [0.25, 0.3) is 0 Å². The lowest BCUT2D eigenvalue weighted by atomic mass is 10.1. The van der Waals surface area contributed by atoms with Crippen molar-refractivity contribution in [1.29, 1.82) is 5.26 Å². The molecule has 19 heavy (non-hydrogen) atoms. The number of hydrogen-bond acceptors (Lipinski definition) is 5. The lowest BCUT2D eigenvalue weighted by molar-refractivity contribution is 0.383. The average molecular weight is 255 g/mol. The average Bonchev–Trinajstić information content (AvgIpc) is 2.43. The number of nitrogens with two attached hydrogens (primary N) is 1. The van der Waals surface area contributed by atoms with E-state index in [-0.39, 0.29) is 5.88 Å². The highest BCUT2D eigenvalue weighted by Crippen LogP contribution is 2.30. The second-order valence-corrected chi connectivity index (χ2v) is 3.94. The van der Waals surface area contributed by atoms with Gasteiger partial charge in [-0.25, -0.2) is 0 Å². The van der Waals surface area contributed by atoms with Gasteiger partial charge in [0.15, 0.2) is 0 Å². The molecule has 0 amide bonds. The van der Waals surface area contributed by atoms with Crippen LogP contribution in [-0.4, -0.2) is 12.1 Å². The van der Waals surface area contributed by atoms with Crippen LogP contribution in [0.15, 0.2) is 30.3 Å². The van der Waals surface area contributed by atoms with Gasteiger partial charge in [0, 0.05) is 6.07 Å². The van der Waals surface area contributed by atoms with Crippen molar-refractivity contribution in [2.75, 3.05) is 12.8 Å². The molecule has 5 heteroatoms. The van der Waals surface area contributed by atoms with Crippen LogP contribution in [0.1, 0.15) is 11.1 Å². The fraction of sp³-hybridized carbons (Fsp3) is 0.143. The van der Waals surface area contributed by atoms with Crippen LogP contribution in [0.5, 0.6) is 17.5 Å². The summed E-state index contributed by atoms with van der Waals surface area (Å²) in [5.41, 5.74) is 7.62. The molecule has 0 aliphatic carbocycles. The number of aryl methyl sites for hydroxylation is 1. The van der Waals surface area contributed by atoms with Gasteiger partial charge in [0.2, 0.25) is 11.8 Å². The number of rotatable bonds is 3. The molecule has 2 rings (SSSR count). The van der Waals surface area contributed by atoms with Crippen molar-refractivity contribution >= 4 is 5.69 Å². The van der Waals surface area contributed by atoms with E-state index in [1.165, 1.54) is 7.11 Å². The van der Waals surface area contributed by atoms with Crippen molar-refractivity contribution in [2.45, 2.75) is 6.92 Å². The van der Waals surface area contributed by atoms with Gasteiger partial charge in [0.1, 0.15) is 5.75 Å². The van der Waals surface area contributed by atoms with Gasteiger partial charge < -0.3 is 15.2 Å². The quantitative estimate of drug-likeness (QED) is 0.911. The molecule has 2 aromatic rings. The number of nitrogen functional groups attached to an aromatic ring is 1. The molecule has 0 fully saturated rings. The third kappa shape index (κ3) is 2.75. The van der Waals surface area contributed by atoms with E-state index in [1.807, 2.05) is 13.0 Å². The Balaban J connectivity index is 2.38. The molecule has 0 saturated heterocycles. The zero-order valence-electron chi connectivity index (χ0n) is 10.7. The van der Waals surface area contributed by atoms with Gasteiger partial charge in [-0.3, -0.25) is 0 Å². The summed E-state index contributed by atoms with van der Waals surface area (Å²) >= 11 is 0. The van der Waals surface area contributed by atoms with Crippen LogP contribution in [-0.2, 0) is 0 Å². The summed E-state index contributed by atoms with van der Waals surface area (Å²) in [6, 6.07) is 10.6. The number of nitrogens with zero attached hydrogens (tertiary/aromatic N) is 2. The van der Waals surface area contributed by atoms with Crippen molar-refractivity contribution in [2.24, 2.45) is 0 Å². The Morgan fingerprint density at radius 2 is 2.05 bits per heavy atom. The number of methoxy groups -OCH3 is 1. The summed E-state index contributed by atoms with van der Waals surface area (Å²) in [6.45, 7) is 1.88. The monoisotopic (exact) mass is 255 g/mol. The maximum atomic E-state index is 8.89. The van der Waals surface area contributed by atoms with E-state index in [4.69, 9.17) is 20.5 Å². The first kappa shape index (κ1) is 12.7. The molecule has 0 saturated carbocycles. The van der Waals surface area contributed by atoms with Crippen LogP contribution in [0.3, 0.4) is 0 Å². The summed E-state index contributed by atoms with van der Waals surface area (Å²) < 4.78 is 10.7. The van der Waals surface area contributed by atoms with Gasteiger partial charge in [-0.2, -0.15) is 10.2 Å². The lowest BCUT2D eigenvalue weighted by Gasteiger charge is -2.10. The number of aromatic nitrogens is 1. The molecule has 1 aromatic heterocycles. The highest BCUT2D eigenvalue weighted by Gasteiger charge is 2.09. The van der Waals surface area contributed by atoms with Gasteiger partial charge in [0.05, 0.1) is 24.4 Å². The minimum atomic E-state index is 0.262. The molecule has 1 heterocycles. The molecule has 96 valence electrons. The number of hydrogen-bond donors (Lipinski definition) is 1. The molecule has 5 nitrogen and oxygen atoms in total. The maximum Gasteiger partial charge on any atom is 0.246 e. The number of benzene rings is 1. The van der Waals surface area contributed by atoms with E-state index in [2.05, 4.69) is 11.1 Å². The highest BCUT2D eigenvalue weighted by atomic mass is 16.5. The van der Waals surface area contributed by atoms with E-state index < -0.39 is 0 Å². The Labute approximate surface area is 111 Å². The Kier molecular flexibility index (Phi) is 3.53. The molecular weight excluding hydrogens is 242 g/mol. The van der Waals surface area contributed by atoms with Crippen LogP contribution in [0.4, 0.5) is 5.69 Å². The normalized spacial score (nSPS) is 9.74. The summed E-state index contributed by atoms with van der Waals surface area (Å²) in [5.74, 6) is 1.22. The van der Waals surface area contributed by atoms with E-state index in [9.17, 15) is 0 Å². The molecule has 2 N–H and O–H groups in total. The van der Waals surface area contributed by atoms with Gasteiger partial charge in [-0.15, -0.1) is 0 Å². The molecule has 0 aliphatic rings. The van der Waals surface area contributed by atoms with Gasteiger partial charge >= 0.3 is 0 Å². The minimum absolute atomic E-state index is 0.262. The highest BCUT2D eigenvalue weighted by molar-refractivity contribution is 5.52. The molecule has 0 radical (unpaired) electrons. The number of ether oxygens (including phenoxy) is 2. The number of nitriles is 1. The molecule has 0 unspecified atom stereocenters. The van der Waals surface area contributed by atoms with Crippen LogP contribution >= 0.6 is 0 Å². The Bertz CT molecular complexity index is 648. The topological polar surface area (TPSA) is 81.2 Å². The fourth-order valence-corrected chi connectivity index (χ4v) is 1.51. The minimum Gasteiger partial charge on any atom is -0.481 e. The van der Waals surface area contributed by atoms with Crippen molar-refractivity contribution in [3.05, 3.63) is 41.5 Å². The number of pyridine rings is 1. The van der Waals surface area contributed by atoms with Crippen LogP contribution < -0.4 is 15.2 Å². The number of anilines is 1. The first-order valence-corrected chi connectivity index (χ1v) is 5.63. The summed E-state index contributed by atoms with van der Waals surface area (Å²) in [6.07, 6.45) is 0. The second kappa shape index (κ2) is 5.27. The van der Waals surface area contributed by atoms with E-state index in [0.717, 1.165) is 5.56 Å². The van der Waals surface area contributed by atoms with E-state index >= 15 is 0 Å². The van der Waals surface area contributed by atoms with Crippen molar-refractivity contribution in [3.63, 3.8) is 0 Å². The molecular formula is C14H13N3O2. The second-order valence-electron chi connectivity index (χ2n) is 3.94. The zero-order chi connectivity index (χ0) is 13.8. The molecule has 0 atom stereocenters. The van der Waals surface area contributed by atoms with Crippen LogP contribution in [0.2, 0.25) is 0 Å². The lowest BCUT2D eigenvalue weighted by Crippen LogP contribution is -1.98. The summed E-state index contributed by atoms with van der Waals surface area (Å²) in [4.78, 5) is 4.13. The Morgan fingerprint density at radius 1 is 1.26 bits per heavy atom. The Morgan fingerprint density at radius 3 is 2.74 bits per heavy atom. The molecule has 1 aromatic carbocycles. The molecule has 0 bridgehead atoms. The van der Waals surface area contributed by atoms with Crippen molar-refractivity contribution in [1.82, 2.24) is 4.98 Å².